The summed E-state index contributed by atoms with van der Waals surface area (Å²) in [7, 11) is -2.63. The molecule has 0 aliphatic rings. The van der Waals surface area contributed by atoms with E-state index in [0.717, 1.165) is 0 Å². The number of nitrogens with zero attached hydrogens (tertiary/aromatic N) is 4. The Morgan fingerprint density at radius 2 is 1.70 bits per heavy atom. The van der Waals surface area contributed by atoms with Crippen molar-refractivity contribution in [3.8, 4) is 17.2 Å². The van der Waals surface area contributed by atoms with Crippen LogP contribution in [0, 0.1) is 0 Å². The van der Waals surface area contributed by atoms with Crippen molar-refractivity contribution < 1.29 is 22.7 Å². The second kappa shape index (κ2) is 10.7. The Hall–Kier alpha value is -4.97. The molecule has 0 bridgehead atoms. The van der Waals surface area contributed by atoms with E-state index in [4.69, 9.17) is 15.2 Å². The number of nitrogens with one attached hydrogen (secondary N) is 1. The number of benzene rings is 2. The van der Waals surface area contributed by atoms with Crippen LogP contribution in [-0.2, 0) is 10.0 Å². The largest absolute Gasteiger partial charge is 0.495 e. The Morgan fingerprint density at radius 1 is 1.00 bits per heavy atom. The standard InChI is InChI=1S/C28H26N6O5S/c1-17(2)34-15-22(25-27(29)31-16-32-28(25)34)26(35)18-4-9-24(38-3)23(14-18)33-40(36,37)21-7-5-19(6-8-21)39-20-10-12-30-13-11-20/h4-17,33H,1-3H3,(H2,29,31,32). The summed E-state index contributed by atoms with van der Waals surface area (Å²) < 4.78 is 42.0. The smallest absolute Gasteiger partial charge is 0.262 e. The maximum atomic E-state index is 13.7. The van der Waals surface area contributed by atoms with Crippen LogP contribution in [0.1, 0.15) is 35.8 Å². The SMILES string of the molecule is COc1ccc(C(=O)c2cn(C(C)C)c3ncnc(N)c23)cc1NS(=O)(=O)c1ccc(Oc2ccncc2)cc1. The molecule has 0 aliphatic heterocycles. The van der Waals surface area contributed by atoms with Crippen LogP contribution >= 0.6 is 0 Å². The molecule has 40 heavy (non-hydrogen) atoms. The summed E-state index contributed by atoms with van der Waals surface area (Å²) in [6.07, 6.45) is 6.22. The highest BCUT2D eigenvalue weighted by Crippen LogP contribution is 2.32. The first-order valence-electron chi connectivity index (χ1n) is 12.2. The van der Waals surface area contributed by atoms with E-state index < -0.39 is 10.0 Å². The van der Waals surface area contributed by atoms with Crippen LogP contribution in [0.4, 0.5) is 11.5 Å². The van der Waals surface area contributed by atoms with Crippen molar-refractivity contribution in [1.29, 1.82) is 0 Å². The molecular formula is C28H26N6O5S. The summed E-state index contributed by atoms with van der Waals surface area (Å²) in [4.78, 5) is 26.0. The maximum Gasteiger partial charge on any atom is 0.262 e. The minimum absolute atomic E-state index is 0.00159. The van der Waals surface area contributed by atoms with Gasteiger partial charge in [0.15, 0.2) is 5.78 Å². The molecule has 204 valence electrons. The number of anilines is 2. The predicted molar refractivity (Wildman–Crippen MR) is 150 cm³/mol. The summed E-state index contributed by atoms with van der Waals surface area (Å²) in [5.74, 6) is 1.08. The van der Waals surface area contributed by atoms with Crippen LogP contribution in [0.2, 0.25) is 0 Å². The van der Waals surface area contributed by atoms with Gasteiger partial charge in [-0.25, -0.2) is 18.4 Å². The monoisotopic (exact) mass is 558 g/mol. The number of hydrogen-bond donors (Lipinski definition) is 2. The molecule has 3 aromatic heterocycles. The lowest BCUT2D eigenvalue weighted by molar-refractivity contribution is 0.104. The molecule has 5 aromatic rings. The second-order valence-corrected chi connectivity index (χ2v) is 10.8. The van der Waals surface area contributed by atoms with Gasteiger partial charge in [-0.3, -0.25) is 14.5 Å². The first-order valence-corrected chi connectivity index (χ1v) is 13.7. The number of carbonyl (C=O) groups excluding carboxylic acids is 1. The minimum Gasteiger partial charge on any atom is -0.495 e. The van der Waals surface area contributed by atoms with Crippen molar-refractivity contribution in [3.63, 3.8) is 0 Å². The van der Waals surface area contributed by atoms with Gasteiger partial charge < -0.3 is 19.8 Å². The number of ether oxygens (including phenoxy) is 2. The van der Waals surface area contributed by atoms with Gasteiger partial charge in [0, 0.05) is 30.2 Å². The van der Waals surface area contributed by atoms with Crippen molar-refractivity contribution in [1.82, 2.24) is 19.5 Å². The van der Waals surface area contributed by atoms with E-state index in [-0.39, 0.29) is 39.5 Å². The minimum atomic E-state index is -4.04. The van der Waals surface area contributed by atoms with E-state index in [0.29, 0.717) is 28.1 Å². The van der Waals surface area contributed by atoms with E-state index in [1.165, 1.54) is 37.7 Å². The number of methoxy groups -OCH3 is 1. The van der Waals surface area contributed by atoms with Gasteiger partial charge in [0.05, 0.1) is 28.6 Å². The predicted octanol–water partition coefficient (Wildman–Crippen LogP) is 4.82. The third kappa shape index (κ3) is 5.16. The molecule has 0 saturated heterocycles. The zero-order valence-corrected chi connectivity index (χ0v) is 22.7. The highest BCUT2D eigenvalue weighted by atomic mass is 32.2. The Morgan fingerprint density at radius 3 is 2.38 bits per heavy atom. The molecular weight excluding hydrogens is 532 g/mol. The number of sulfonamides is 1. The van der Waals surface area contributed by atoms with Gasteiger partial charge in [0.25, 0.3) is 10.0 Å². The van der Waals surface area contributed by atoms with Gasteiger partial charge >= 0.3 is 0 Å². The number of pyridine rings is 1. The maximum absolute atomic E-state index is 13.7. The number of fused-ring (bicyclic) bond motifs is 1. The second-order valence-electron chi connectivity index (χ2n) is 9.11. The van der Waals surface area contributed by atoms with Gasteiger partial charge in [-0.15, -0.1) is 0 Å². The normalized spacial score (nSPS) is 11.5. The van der Waals surface area contributed by atoms with E-state index >= 15 is 0 Å². The fourth-order valence-electron chi connectivity index (χ4n) is 4.19. The van der Waals surface area contributed by atoms with Crippen molar-refractivity contribution in [2.45, 2.75) is 24.8 Å². The molecule has 0 spiro atoms. The lowest BCUT2D eigenvalue weighted by Gasteiger charge is -2.14. The molecule has 12 heteroatoms. The fraction of sp³-hybridized carbons (Fsp3) is 0.143. The topological polar surface area (TPSA) is 151 Å². The molecule has 3 heterocycles. The van der Waals surface area contributed by atoms with Gasteiger partial charge in [-0.1, -0.05) is 0 Å². The Bertz CT molecular complexity index is 1800. The molecule has 0 saturated carbocycles. The molecule has 5 rings (SSSR count). The molecule has 2 aromatic carbocycles. The molecule has 0 unspecified atom stereocenters. The summed E-state index contributed by atoms with van der Waals surface area (Å²) in [6.45, 7) is 3.92. The van der Waals surface area contributed by atoms with Gasteiger partial charge in [0.2, 0.25) is 0 Å². The molecule has 3 N–H and O–H groups in total. The number of nitrogen functional groups attached to an aromatic ring is 1. The van der Waals surface area contributed by atoms with Crippen LogP contribution in [0.25, 0.3) is 11.0 Å². The van der Waals surface area contributed by atoms with Crippen molar-refractivity contribution in [2.24, 2.45) is 0 Å². The third-order valence-electron chi connectivity index (χ3n) is 6.17. The zero-order chi connectivity index (χ0) is 28.4. The Balaban J connectivity index is 1.45. The summed E-state index contributed by atoms with van der Waals surface area (Å²) in [6, 6.07) is 13.8. The summed E-state index contributed by atoms with van der Waals surface area (Å²) in [5, 5.41) is 0.438. The number of hydrogen-bond acceptors (Lipinski definition) is 9. The van der Waals surface area contributed by atoms with Gasteiger partial charge in [-0.05, 0) is 68.4 Å². The number of rotatable bonds is 9. The van der Waals surface area contributed by atoms with E-state index in [9.17, 15) is 13.2 Å². The molecule has 0 radical (unpaired) electrons. The molecule has 0 aliphatic carbocycles. The van der Waals surface area contributed by atoms with Gasteiger partial charge in [0.1, 0.15) is 35.0 Å². The van der Waals surface area contributed by atoms with Crippen molar-refractivity contribution in [2.75, 3.05) is 17.6 Å². The molecule has 0 fully saturated rings. The average Bonchev–Trinajstić information content (AvgIpc) is 3.35. The van der Waals surface area contributed by atoms with E-state index in [2.05, 4.69) is 19.7 Å². The van der Waals surface area contributed by atoms with Crippen molar-refractivity contribution in [3.05, 3.63) is 90.6 Å². The van der Waals surface area contributed by atoms with Crippen molar-refractivity contribution >= 4 is 38.3 Å². The first-order chi connectivity index (χ1) is 19.2. The highest BCUT2D eigenvalue weighted by molar-refractivity contribution is 7.92. The number of carbonyl (C=O) groups is 1. The Labute approximate surface area is 230 Å². The van der Waals surface area contributed by atoms with Gasteiger partial charge in [-0.2, -0.15) is 0 Å². The third-order valence-corrected chi connectivity index (χ3v) is 7.55. The molecule has 0 atom stereocenters. The first kappa shape index (κ1) is 26.6. The molecule has 11 nitrogen and oxygen atoms in total. The van der Waals surface area contributed by atoms with Crippen LogP contribution in [0.3, 0.4) is 0 Å². The fourth-order valence-corrected chi connectivity index (χ4v) is 5.25. The number of aromatic nitrogens is 4. The average molecular weight is 559 g/mol. The highest BCUT2D eigenvalue weighted by Gasteiger charge is 2.23. The van der Waals surface area contributed by atoms with E-state index in [1.807, 2.05) is 18.4 Å². The quantitative estimate of drug-likeness (QED) is 0.243. The zero-order valence-electron chi connectivity index (χ0n) is 21.9. The van der Waals surface area contributed by atoms with Crippen LogP contribution in [0.5, 0.6) is 17.2 Å². The lowest BCUT2D eigenvalue weighted by Crippen LogP contribution is -2.14. The number of nitrogens with two attached hydrogens (primary N) is 1. The van der Waals surface area contributed by atoms with Crippen LogP contribution < -0.4 is 19.9 Å². The molecule has 0 amide bonds. The lowest BCUT2D eigenvalue weighted by atomic mass is 10.0. The van der Waals surface area contributed by atoms with Crippen LogP contribution in [-0.4, -0.2) is 40.8 Å². The van der Waals surface area contributed by atoms with Crippen LogP contribution in [0.15, 0.2) is 84.4 Å². The van der Waals surface area contributed by atoms with E-state index in [1.54, 1.807) is 48.9 Å². The summed E-state index contributed by atoms with van der Waals surface area (Å²) >= 11 is 0. The summed E-state index contributed by atoms with van der Waals surface area (Å²) in [5.41, 5.74) is 7.30. The Kier molecular flexibility index (Phi) is 7.09. The number of ketones is 1.